The minimum atomic E-state index is -0.606. The van der Waals surface area contributed by atoms with Crippen molar-refractivity contribution in [3.05, 3.63) is 24.0 Å². The molecule has 1 aliphatic carbocycles. The van der Waals surface area contributed by atoms with Crippen molar-refractivity contribution >= 4 is 11.6 Å². The fourth-order valence-corrected chi connectivity index (χ4v) is 2.52. The molecular formula is C13H19N3O2. The Morgan fingerprint density at radius 1 is 1.56 bits per heavy atom. The summed E-state index contributed by atoms with van der Waals surface area (Å²) in [4.78, 5) is 16.9. The van der Waals surface area contributed by atoms with Crippen molar-refractivity contribution in [3.8, 4) is 0 Å². The Hall–Kier alpha value is -1.62. The first kappa shape index (κ1) is 12.8. The van der Waals surface area contributed by atoms with E-state index in [1.54, 1.807) is 12.3 Å². The van der Waals surface area contributed by atoms with Crippen LogP contribution in [0.25, 0.3) is 0 Å². The zero-order valence-electron chi connectivity index (χ0n) is 10.6. The number of carbonyl (C=O) groups is 1. The van der Waals surface area contributed by atoms with E-state index in [9.17, 15) is 9.90 Å². The Morgan fingerprint density at radius 3 is 2.83 bits per heavy atom. The Labute approximate surface area is 107 Å². The second kappa shape index (κ2) is 4.94. The minimum Gasteiger partial charge on any atom is -0.388 e. The van der Waals surface area contributed by atoms with Gasteiger partial charge in [-0.15, -0.1) is 0 Å². The highest BCUT2D eigenvalue weighted by atomic mass is 16.3. The molecule has 0 bridgehead atoms. The molecule has 5 heteroatoms. The lowest BCUT2D eigenvalue weighted by Crippen LogP contribution is -2.39. The van der Waals surface area contributed by atoms with E-state index in [1.807, 2.05) is 18.0 Å². The SMILES string of the molecule is CN(CC1(O)CCCC1)c1ccnc(C(N)=O)c1. The van der Waals surface area contributed by atoms with Gasteiger partial charge in [0.1, 0.15) is 5.69 Å². The van der Waals surface area contributed by atoms with Crippen LogP contribution in [0.5, 0.6) is 0 Å². The molecule has 0 aliphatic heterocycles. The van der Waals surface area contributed by atoms with Crippen LogP contribution >= 0.6 is 0 Å². The number of aromatic nitrogens is 1. The molecule has 3 N–H and O–H groups in total. The number of hydrogen-bond donors (Lipinski definition) is 2. The van der Waals surface area contributed by atoms with Crippen LogP contribution in [0.15, 0.2) is 18.3 Å². The molecule has 1 aromatic heterocycles. The van der Waals surface area contributed by atoms with Crippen molar-refractivity contribution in [2.24, 2.45) is 5.73 Å². The summed E-state index contributed by atoms with van der Waals surface area (Å²) >= 11 is 0. The molecule has 5 nitrogen and oxygen atoms in total. The van der Waals surface area contributed by atoms with Gasteiger partial charge in [0.05, 0.1) is 5.60 Å². The number of pyridine rings is 1. The number of carbonyl (C=O) groups excluding carboxylic acids is 1. The Morgan fingerprint density at radius 2 is 2.22 bits per heavy atom. The summed E-state index contributed by atoms with van der Waals surface area (Å²) < 4.78 is 0. The average Bonchev–Trinajstić information content (AvgIpc) is 2.76. The molecule has 18 heavy (non-hydrogen) atoms. The standard InChI is InChI=1S/C13H19N3O2/c1-16(9-13(18)5-2-3-6-13)10-4-7-15-11(8-10)12(14)17/h4,7-8,18H,2-3,5-6,9H2,1H3,(H2,14,17). The highest BCUT2D eigenvalue weighted by Gasteiger charge is 2.32. The number of likely N-dealkylation sites (N-methyl/N-ethyl adjacent to an activating group) is 1. The molecule has 1 fully saturated rings. The van der Waals surface area contributed by atoms with Gasteiger partial charge in [-0.05, 0) is 25.0 Å². The van der Waals surface area contributed by atoms with Crippen LogP contribution in [0.3, 0.4) is 0 Å². The first-order valence-electron chi connectivity index (χ1n) is 6.20. The monoisotopic (exact) mass is 249 g/mol. The third kappa shape index (κ3) is 2.79. The zero-order chi connectivity index (χ0) is 13.2. The Balaban J connectivity index is 2.10. The lowest BCUT2D eigenvalue weighted by molar-refractivity contribution is 0.0559. The van der Waals surface area contributed by atoms with Crippen molar-refractivity contribution in [3.63, 3.8) is 0 Å². The van der Waals surface area contributed by atoms with Gasteiger partial charge in [-0.2, -0.15) is 0 Å². The second-order valence-electron chi connectivity index (χ2n) is 5.05. The number of anilines is 1. The molecule has 98 valence electrons. The van der Waals surface area contributed by atoms with Gasteiger partial charge in [-0.1, -0.05) is 12.8 Å². The first-order valence-corrected chi connectivity index (χ1v) is 6.20. The van der Waals surface area contributed by atoms with E-state index in [0.717, 1.165) is 31.4 Å². The van der Waals surface area contributed by atoms with Crippen molar-refractivity contribution in [1.29, 1.82) is 0 Å². The largest absolute Gasteiger partial charge is 0.388 e. The summed E-state index contributed by atoms with van der Waals surface area (Å²) in [6.45, 7) is 0.565. The normalized spacial score (nSPS) is 17.7. The zero-order valence-corrected chi connectivity index (χ0v) is 10.6. The number of amides is 1. The van der Waals surface area contributed by atoms with Gasteiger partial charge in [0, 0.05) is 25.5 Å². The number of rotatable bonds is 4. The topological polar surface area (TPSA) is 79.4 Å². The molecular weight excluding hydrogens is 230 g/mol. The lowest BCUT2D eigenvalue weighted by Gasteiger charge is -2.30. The predicted octanol–water partition coefficient (Wildman–Crippen LogP) is 0.922. The summed E-state index contributed by atoms with van der Waals surface area (Å²) in [7, 11) is 1.90. The summed E-state index contributed by atoms with van der Waals surface area (Å²) in [6, 6.07) is 3.46. The fraction of sp³-hybridized carbons (Fsp3) is 0.538. The van der Waals surface area contributed by atoms with Crippen molar-refractivity contribution < 1.29 is 9.90 Å². The van der Waals surface area contributed by atoms with Crippen LogP contribution in [0.4, 0.5) is 5.69 Å². The Kier molecular flexibility index (Phi) is 3.52. The number of primary amides is 1. The van der Waals surface area contributed by atoms with E-state index in [1.165, 1.54) is 0 Å². The maximum absolute atomic E-state index is 11.1. The lowest BCUT2D eigenvalue weighted by atomic mass is 10.0. The number of hydrogen-bond acceptors (Lipinski definition) is 4. The van der Waals surface area contributed by atoms with Crippen LogP contribution in [0.1, 0.15) is 36.2 Å². The molecule has 0 atom stereocenters. The molecule has 1 heterocycles. The van der Waals surface area contributed by atoms with Crippen LogP contribution in [-0.2, 0) is 0 Å². The van der Waals surface area contributed by atoms with Crippen LogP contribution < -0.4 is 10.6 Å². The minimum absolute atomic E-state index is 0.248. The van der Waals surface area contributed by atoms with E-state index in [4.69, 9.17) is 5.73 Å². The number of nitrogens with zero attached hydrogens (tertiary/aromatic N) is 2. The smallest absolute Gasteiger partial charge is 0.267 e. The third-order valence-electron chi connectivity index (χ3n) is 3.50. The molecule has 0 aromatic carbocycles. The highest BCUT2D eigenvalue weighted by Crippen LogP contribution is 2.31. The molecule has 1 amide bonds. The summed E-state index contributed by atoms with van der Waals surface area (Å²) in [5, 5.41) is 10.4. The van der Waals surface area contributed by atoms with E-state index in [-0.39, 0.29) is 5.69 Å². The Bertz CT molecular complexity index is 442. The molecule has 0 unspecified atom stereocenters. The fourth-order valence-electron chi connectivity index (χ4n) is 2.52. The van der Waals surface area contributed by atoms with Gasteiger partial charge < -0.3 is 15.7 Å². The van der Waals surface area contributed by atoms with Gasteiger partial charge in [0.15, 0.2) is 0 Å². The van der Waals surface area contributed by atoms with Crippen molar-refractivity contribution in [1.82, 2.24) is 4.98 Å². The summed E-state index contributed by atoms with van der Waals surface area (Å²) in [5.74, 6) is -0.537. The van der Waals surface area contributed by atoms with Gasteiger partial charge in [0.2, 0.25) is 0 Å². The van der Waals surface area contributed by atoms with Gasteiger partial charge in [-0.3, -0.25) is 9.78 Å². The average molecular weight is 249 g/mol. The highest BCUT2D eigenvalue weighted by molar-refractivity contribution is 5.91. The molecule has 1 aromatic rings. The maximum atomic E-state index is 11.1. The molecule has 0 saturated heterocycles. The molecule has 1 saturated carbocycles. The summed E-state index contributed by atoms with van der Waals surface area (Å²) in [6.07, 6.45) is 5.39. The van der Waals surface area contributed by atoms with Crippen molar-refractivity contribution in [2.75, 3.05) is 18.5 Å². The van der Waals surface area contributed by atoms with Gasteiger partial charge in [0.25, 0.3) is 5.91 Å². The van der Waals surface area contributed by atoms with E-state index in [2.05, 4.69) is 4.98 Å². The second-order valence-corrected chi connectivity index (χ2v) is 5.05. The predicted molar refractivity (Wildman–Crippen MR) is 69.4 cm³/mol. The van der Waals surface area contributed by atoms with Crippen LogP contribution in [0, 0.1) is 0 Å². The van der Waals surface area contributed by atoms with Crippen LogP contribution in [0.2, 0.25) is 0 Å². The number of aliphatic hydroxyl groups is 1. The molecule has 0 spiro atoms. The van der Waals surface area contributed by atoms with Crippen LogP contribution in [-0.4, -0.2) is 35.2 Å². The molecule has 2 rings (SSSR count). The molecule has 0 radical (unpaired) electrons. The van der Waals surface area contributed by atoms with E-state index < -0.39 is 11.5 Å². The summed E-state index contributed by atoms with van der Waals surface area (Å²) in [5.41, 5.74) is 5.69. The van der Waals surface area contributed by atoms with Crippen molar-refractivity contribution in [2.45, 2.75) is 31.3 Å². The van der Waals surface area contributed by atoms with E-state index in [0.29, 0.717) is 6.54 Å². The third-order valence-corrected chi connectivity index (χ3v) is 3.50. The maximum Gasteiger partial charge on any atom is 0.267 e. The van der Waals surface area contributed by atoms with Gasteiger partial charge in [-0.25, -0.2) is 0 Å². The number of nitrogens with two attached hydrogens (primary N) is 1. The van der Waals surface area contributed by atoms with Gasteiger partial charge >= 0.3 is 0 Å². The molecule has 1 aliphatic rings. The first-order chi connectivity index (χ1) is 8.50. The quantitative estimate of drug-likeness (QED) is 0.831. The van der Waals surface area contributed by atoms with E-state index >= 15 is 0 Å².